The van der Waals surface area contributed by atoms with Crippen molar-refractivity contribution in [1.82, 2.24) is 5.09 Å². The predicted molar refractivity (Wildman–Crippen MR) is 20.4 cm³/mol. The molecule has 0 saturated carbocycles. The summed E-state index contributed by atoms with van der Waals surface area (Å²) in [6, 6.07) is 0. The van der Waals surface area contributed by atoms with Crippen molar-refractivity contribution in [2.75, 3.05) is 7.05 Å². The first kappa shape index (κ1) is 5.31. The standard InChI is InChI=1S/CH6NO2P/c1-2-5(3)4/h2-4H,1H3. The van der Waals surface area contributed by atoms with E-state index in [9.17, 15) is 0 Å². The number of hydrogen-bond donors (Lipinski definition) is 3. The lowest BCUT2D eigenvalue weighted by molar-refractivity contribution is 0.472. The first-order valence-electron chi connectivity index (χ1n) is 1.12. The van der Waals surface area contributed by atoms with E-state index in [1.807, 2.05) is 0 Å². The minimum absolute atomic E-state index is 1.48. The van der Waals surface area contributed by atoms with E-state index in [1.54, 1.807) is 0 Å². The Morgan fingerprint density at radius 1 is 1.60 bits per heavy atom. The topological polar surface area (TPSA) is 52.5 Å². The molecule has 0 radical (unpaired) electrons. The van der Waals surface area contributed by atoms with Crippen LogP contribution in [0.1, 0.15) is 0 Å². The van der Waals surface area contributed by atoms with Crippen molar-refractivity contribution in [2.24, 2.45) is 0 Å². The Balaban J connectivity index is 2.54. The Morgan fingerprint density at radius 3 is 1.80 bits per heavy atom. The summed E-state index contributed by atoms with van der Waals surface area (Å²) in [5.41, 5.74) is 0. The largest absolute Gasteiger partial charge is 0.338 e. The zero-order chi connectivity index (χ0) is 4.28. The van der Waals surface area contributed by atoms with Gasteiger partial charge in [-0.05, 0) is 7.05 Å². The van der Waals surface area contributed by atoms with Gasteiger partial charge in [-0.3, -0.25) is 5.09 Å². The van der Waals surface area contributed by atoms with Crippen molar-refractivity contribution in [3.05, 3.63) is 0 Å². The molecule has 0 heterocycles. The van der Waals surface area contributed by atoms with E-state index in [2.05, 4.69) is 5.09 Å². The van der Waals surface area contributed by atoms with Crippen LogP contribution in [0.5, 0.6) is 0 Å². The normalized spacial score (nSPS) is 9.60. The highest BCUT2D eigenvalue weighted by Gasteiger charge is 1.83. The molecule has 32 valence electrons. The monoisotopic (exact) mass is 95.0 g/mol. The maximum absolute atomic E-state index is 7.87. The molecule has 0 atom stereocenters. The highest BCUT2D eigenvalue weighted by atomic mass is 31.2. The average molecular weight is 95.0 g/mol. The van der Waals surface area contributed by atoms with Crippen molar-refractivity contribution in [1.29, 1.82) is 0 Å². The molecular formula is CH6NO2P. The van der Waals surface area contributed by atoms with E-state index in [4.69, 9.17) is 9.79 Å². The summed E-state index contributed by atoms with van der Waals surface area (Å²) < 4.78 is 0. The minimum Gasteiger partial charge on any atom is -0.338 e. The molecule has 0 aromatic heterocycles. The van der Waals surface area contributed by atoms with Crippen LogP contribution in [0.25, 0.3) is 0 Å². The fourth-order valence-electron chi connectivity index (χ4n) is 0. The molecule has 4 heteroatoms. The molecule has 3 nitrogen and oxygen atoms in total. The summed E-state index contributed by atoms with van der Waals surface area (Å²) >= 11 is 0. The van der Waals surface area contributed by atoms with Gasteiger partial charge >= 0.3 is 0 Å². The second-order valence-corrected chi connectivity index (χ2v) is 1.54. The van der Waals surface area contributed by atoms with Crippen molar-refractivity contribution in [3.8, 4) is 0 Å². The highest BCUT2D eigenvalue weighted by Crippen LogP contribution is 2.11. The van der Waals surface area contributed by atoms with Crippen LogP contribution in [-0.2, 0) is 0 Å². The van der Waals surface area contributed by atoms with Gasteiger partial charge in [0.15, 0.2) is 0 Å². The molecule has 0 fully saturated rings. The summed E-state index contributed by atoms with van der Waals surface area (Å²) in [5, 5.41) is 2.20. The molecule has 0 bridgehead atoms. The SMILES string of the molecule is CNP(O)O. The fraction of sp³-hybridized carbons (Fsp3) is 1.00. The predicted octanol–water partition coefficient (Wildman–Crippen LogP) is -0.583. The number of rotatable bonds is 1. The van der Waals surface area contributed by atoms with Crippen LogP contribution in [0.15, 0.2) is 0 Å². The van der Waals surface area contributed by atoms with Gasteiger partial charge in [0.1, 0.15) is 0 Å². The summed E-state index contributed by atoms with van der Waals surface area (Å²) in [6.07, 6.45) is 0. The van der Waals surface area contributed by atoms with Crippen molar-refractivity contribution < 1.29 is 9.79 Å². The first-order valence-corrected chi connectivity index (χ1v) is 2.37. The summed E-state index contributed by atoms with van der Waals surface area (Å²) in [4.78, 5) is 15.7. The third kappa shape index (κ3) is 4.31. The van der Waals surface area contributed by atoms with Crippen molar-refractivity contribution in [3.63, 3.8) is 0 Å². The van der Waals surface area contributed by atoms with E-state index in [0.717, 1.165) is 0 Å². The Kier molecular flexibility index (Phi) is 2.70. The third-order valence-corrected chi connectivity index (χ3v) is 0.600. The summed E-state index contributed by atoms with van der Waals surface area (Å²) in [6.45, 7) is 0. The lowest BCUT2D eigenvalue weighted by Gasteiger charge is -1.91. The van der Waals surface area contributed by atoms with E-state index in [0.29, 0.717) is 0 Å². The Morgan fingerprint density at radius 2 is 1.80 bits per heavy atom. The maximum Gasteiger partial charge on any atom is 0.249 e. The average Bonchev–Trinajstić information content (AvgIpc) is 1.38. The van der Waals surface area contributed by atoms with E-state index in [-0.39, 0.29) is 0 Å². The van der Waals surface area contributed by atoms with E-state index < -0.39 is 8.53 Å². The van der Waals surface area contributed by atoms with Gasteiger partial charge < -0.3 is 9.79 Å². The molecular weight excluding hydrogens is 89.0 g/mol. The maximum atomic E-state index is 7.87. The molecule has 0 aliphatic rings. The van der Waals surface area contributed by atoms with E-state index >= 15 is 0 Å². The minimum atomic E-state index is -1.85. The van der Waals surface area contributed by atoms with Crippen molar-refractivity contribution in [2.45, 2.75) is 0 Å². The van der Waals surface area contributed by atoms with Crippen LogP contribution < -0.4 is 5.09 Å². The van der Waals surface area contributed by atoms with Crippen LogP contribution in [0.3, 0.4) is 0 Å². The molecule has 0 rings (SSSR count). The van der Waals surface area contributed by atoms with Gasteiger partial charge in [-0.15, -0.1) is 0 Å². The number of hydrogen-bond acceptors (Lipinski definition) is 3. The van der Waals surface area contributed by atoms with Gasteiger partial charge in [-0.2, -0.15) is 0 Å². The van der Waals surface area contributed by atoms with Gasteiger partial charge in [0, 0.05) is 0 Å². The Hall–Kier alpha value is 0.310. The second kappa shape index (κ2) is 2.54. The second-order valence-electron chi connectivity index (χ2n) is 0.513. The molecule has 3 N–H and O–H groups in total. The van der Waals surface area contributed by atoms with Gasteiger partial charge in [0.2, 0.25) is 8.53 Å². The van der Waals surface area contributed by atoms with Gasteiger partial charge in [0.25, 0.3) is 0 Å². The quantitative estimate of drug-likeness (QED) is 0.382. The molecule has 0 aliphatic carbocycles. The summed E-state index contributed by atoms with van der Waals surface area (Å²) in [5.74, 6) is 0. The van der Waals surface area contributed by atoms with Gasteiger partial charge in [-0.1, -0.05) is 0 Å². The zero-order valence-corrected chi connectivity index (χ0v) is 3.74. The lowest BCUT2D eigenvalue weighted by Crippen LogP contribution is -1.93. The molecule has 0 amide bonds. The third-order valence-electron chi connectivity index (χ3n) is 0.200. The van der Waals surface area contributed by atoms with Crippen LogP contribution in [-0.4, -0.2) is 16.8 Å². The first-order chi connectivity index (χ1) is 2.27. The van der Waals surface area contributed by atoms with Crippen LogP contribution >= 0.6 is 8.53 Å². The smallest absolute Gasteiger partial charge is 0.249 e. The molecule has 0 aromatic rings. The van der Waals surface area contributed by atoms with Gasteiger partial charge in [0.05, 0.1) is 0 Å². The van der Waals surface area contributed by atoms with Crippen LogP contribution in [0.2, 0.25) is 0 Å². The zero-order valence-electron chi connectivity index (χ0n) is 2.84. The molecule has 0 saturated heterocycles. The molecule has 0 aliphatic heterocycles. The fourth-order valence-corrected chi connectivity index (χ4v) is 0. The Labute approximate surface area is 31.6 Å². The molecule has 0 aromatic carbocycles. The van der Waals surface area contributed by atoms with Crippen molar-refractivity contribution >= 4 is 8.53 Å². The van der Waals surface area contributed by atoms with Gasteiger partial charge in [-0.25, -0.2) is 0 Å². The lowest BCUT2D eigenvalue weighted by atomic mass is 11.6. The molecule has 0 spiro atoms. The summed E-state index contributed by atoms with van der Waals surface area (Å²) in [7, 11) is -0.370. The number of nitrogens with one attached hydrogen (secondary N) is 1. The molecule has 5 heavy (non-hydrogen) atoms. The van der Waals surface area contributed by atoms with Crippen LogP contribution in [0.4, 0.5) is 0 Å². The van der Waals surface area contributed by atoms with E-state index in [1.165, 1.54) is 7.05 Å². The highest BCUT2D eigenvalue weighted by molar-refractivity contribution is 7.42. The van der Waals surface area contributed by atoms with Crippen LogP contribution in [0, 0.1) is 0 Å². The Bertz CT molecular complexity index is 23.6. The molecule has 0 unspecified atom stereocenters.